The van der Waals surface area contributed by atoms with Crippen LogP contribution in [0.1, 0.15) is 31.5 Å². The van der Waals surface area contributed by atoms with E-state index in [9.17, 15) is 24.3 Å². The molecule has 0 aliphatic carbocycles. The Bertz CT molecular complexity index is 1220. The van der Waals surface area contributed by atoms with Crippen molar-refractivity contribution in [3.63, 3.8) is 0 Å². The maximum Gasteiger partial charge on any atom is 0.326 e. The van der Waals surface area contributed by atoms with Crippen LogP contribution in [-0.2, 0) is 32.0 Å². The Hall–Kier alpha value is -4.19. The van der Waals surface area contributed by atoms with Gasteiger partial charge in [0.1, 0.15) is 12.1 Å². The third-order valence-electron chi connectivity index (χ3n) is 6.28. The molecule has 4 unspecified atom stereocenters. The van der Waals surface area contributed by atoms with Crippen LogP contribution in [-0.4, -0.2) is 68.4 Å². The number of nitrogens with two attached hydrogens (primary N) is 1. The van der Waals surface area contributed by atoms with Crippen LogP contribution in [0.3, 0.4) is 0 Å². The molecule has 0 aliphatic rings. The van der Waals surface area contributed by atoms with E-state index in [1.54, 1.807) is 19.3 Å². The Morgan fingerprint density at radius 3 is 2.51 bits per heavy atom. The van der Waals surface area contributed by atoms with Gasteiger partial charge in [0, 0.05) is 41.8 Å². The number of amides is 3. The molecule has 0 bridgehead atoms. The first-order valence-corrected chi connectivity index (χ1v) is 12.1. The molecule has 4 atom stereocenters. The number of hydrogen-bond acceptors (Lipinski definition) is 6. The number of imidazole rings is 1. The maximum atomic E-state index is 13.1. The number of rotatable bonds is 13. The molecule has 3 rings (SSSR count). The Morgan fingerprint density at radius 2 is 1.84 bits per heavy atom. The summed E-state index contributed by atoms with van der Waals surface area (Å²) in [5.74, 6) is -3.21. The molecular formula is C25H33N7O5. The van der Waals surface area contributed by atoms with Crippen molar-refractivity contribution >= 4 is 34.6 Å². The number of carboxylic acid groups (broad SMARTS) is 1. The highest BCUT2D eigenvalue weighted by Crippen LogP contribution is 2.19. The number of aromatic amines is 2. The highest BCUT2D eigenvalue weighted by Gasteiger charge is 2.30. The van der Waals surface area contributed by atoms with Gasteiger partial charge in [-0.3, -0.25) is 14.4 Å². The molecule has 0 saturated heterocycles. The number of H-pyrrole nitrogens is 2. The second-order valence-corrected chi connectivity index (χ2v) is 9.00. The number of carbonyl (C=O) groups excluding carboxylic acids is 3. The van der Waals surface area contributed by atoms with Crippen molar-refractivity contribution in [2.75, 3.05) is 6.54 Å². The van der Waals surface area contributed by atoms with Crippen LogP contribution in [0.2, 0.25) is 0 Å². The highest BCUT2D eigenvalue weighted by atomic mass is 16.4. The lowest BCUT2D eigenvalue weighted by Crippen LogP contribution is -2.56. The molecule has 0 saturated carbocycles. The van der Waals surface area contributed by atoms with E-state index < -0.39 is 41.8 Å². The quantitative estimate of drug-likeness (QED) is 0.170. The summed E-state index contributed by atoms with van der Waals surface area (Å²) >= 11 is 0. The standard InChI is InChI=1S/C25H33N7O5/c1-3-14(2)22(32-21(33)12-29-23(34)18(26)9-16-11-27-13-30-16)24(35)31-20(25(36)37)8-15-10-28-19-7-5-4-6-17(15)19/h4-7,10-11,13-14,18,20,22,28H,3,8-9,12,26H2,1-2H3,(H,27,30)(H,29,34)(H,31,35)(H,32,33)(H,36,37). The SMILES string of the molecule is CCC(C)C(NC(=O)CNC(=O)C(N)Cc1cnc[nH]1)C(=O)NC(Cc1c[nH]c2ccccc12)C(=O)O. The number of fused-ring (bicyclic) bond motifs is 1. The zero-order chi connectivity index (χ0) is 26.9. The lowest BCUT2D eigenvalue weighted by molar-refractivity contribution is -0.142. The van der Waals surface area contributed by atoms with Gasteiger partial charge in [-0.2, -0.15) is 0 Å². The molecule has 12 nitrogen and oxygen atoms in total. The van der Waals surface area contributed by atoms with Crippen LogP contribution in [0.5, 0.6) is 0 Å². The fraction of sp³-hybridized carbons (Fsp3) is 0.400. The van der Waals surface area contributed by atoms with Crippen LogP contribution in [0.25, 0.3) is 10.9 Å². The van der Waals surface area contributed by atoms with Crippen molar-refractivity contribution in [3.05, 3.63) is 54.2 Å². The smallest absolute Gasteiger partial charge is 0.326 e. The molecular weight excluding hydrogens is 478 g/mol. The van der Waals surface area contributed by atoms with E-state index in [-0.39, 0.29) is 25.3 Å². The molecule has 3 aromatic rings. The number of aliphatic carboxylic acids is 1. The van der Waals surface area contributed by atoms with E-state index in [1.807, 2.05) is 31.2 Å². The molecule has 198 valence electrons. The van der Waals surface area contributed by atoms with Crippen LogP contribution in [0.4, 0.5) is 0 Å². The fourth-order valence-electron chi connectivity index (χ4n) is 3.93. The molecule has 8 N–H and O–H groups in total. The molecule has 37 heavy (non-hydrogen) atoms. The Morgan fingerprint density at radius 1 is 1.08 bits per heavy atom. The van der Waals surface area contributed by atoms with Crippen LogP contribution < -0.4 is 21.7 Å². The summed E-state index contributed by atoms with van der Waals surface area (Å²) in [6.45, 7) is 3.25. The van der Waals surface area contributed by atoms with Gasteiger partial charge in [-0.25, -0.2) is 9.78 Å². The van der Waals surface area contributed by atoms with E-state index in [0.717, 1.165) is 16.5 Å². The van der Waals surface area contributed by atoms with E-state index in [1.165, 1.54) is 6.33 Å². The molecule has 3 amide bonds. The fourth-order valence-corrected chi connectivity index (χ4v) is 3.93. The number of aromatic nitrogens is 3. The average Bonchev–Trinajstić information content (AvgIpc) is 3.54. The van der Waals surface area contributed by atoms with Crippen molar-refractivity contribution < 1.29 is 24.3 Å². The predicted molar refractivity (Wildman–Crippen MR) is 136 cm³/mol. The van der Waals surface area contributed by atoms with E-state index in [0.29, 0.717) is 12.1 Å². The third kappa shape index (κ3) is 7.40. The minimum atomic E-state index is -1.20. The average molecular weight is 512 g/mol. The van der Waals surface area contributed by atoms with Gasteiger partial charge in [0.05, 0.1) is 18.9 Å². The summed E-state index contributed by atoms with van der Waals surface area (Å²) in [6, 6.07) is 4.40. The number of hydrogen-bond donors (Lipinski definition) is 7. The van der Waals surface area contributed by atoms with Gasteiger partial charge in [-0.1, -0.05) is 38.5 Å². The van der Waals surface area contributed by atoms with Crippen molar-refractivity contribution in [2.45, 2.75) is 51.2 Å². The largest absolute Gasteiger partial charge is 0.480 e. The third-order valence-corrected chi connectivity index (χ3v) is 6.28. The molecule has 12 heteroatoms. The Labute approximate surface area is 213 Å². The van der Waals surface area contributed by atoms with Crippen LogP contribution >= 0.6 is 0 Å². The predicted octanol–water partition coefficient (Wildman–Crippen LogP) is 0.220. The summed E-state index contributed by atoms with van der Waals surface area (Å²) in [6.07, 6.45) is 5.59. The van der Waals surface area contributed by atoms with Gasteiger partial charge in [0.2, 0.25) is 17.7 Å². The summed E-state index contributed by atoms with van der Waals surface area (Å²) < 4.78 is 0. The summed E-state index contributed by atoms with van der Waals surface area (Å²) in [5.41, 5.74) is 8.17. The van der Waals surface area contributed by atoms with Gasteiger partial charge < -0.3 is 36.8 Å². The minimum Gasteiger partial charge on any atom is -0.480 e. The molecule has 0 fully saturated rings. The monoisotopic (exact) mass is 511 g/mol. The van der Waals surface area contributed by atoms with Crippen molar-refractivity contribution in [2.24, 2.45) is 11.7 Å². The van der Waals surface area contributed by atoms with Crippen LogP contribution in [0.15, 0.2) is 43.0 Å². The minimum absolute atomic E-state index is 0.0660. The number of benzene rings is 1. The maximum absolute atomic E-state index is 13.1. The van der Waals surface area contributed by atoms with Crippen molar-refractivity contribution in [3.8, 4) is 0 Å². The lowest BCUT2D eigenvalue weighted by atomic mass is 9.97. The summed E-state index contributed by atoms with van der Waals surface area (Å²) in [5, 5.41) is 18.3. The molecule has 0 spiro atoms. The normalized spacial score (nSPS) is 14.4. The molecule has 2 heterocycles. The first-order valence-electron chi connectivity index (χ1n) is 12.1. The zero-order valence-corrected chi connectivity index (χ0v) is 20.8. The Balaban J connectivity index is 1.59. The molecule has 1 aromatic carbocycles. The highest BCUT2D eigenvalue weighted by molar-refractivity contribution is 5.93. The number of nitrogens with one attached hydrogen (secondary N) is 5. The number of para-hydroxylation sites is 1. The van der Waals surface area contributed by atoms with Gasteiger partial charge in [0.25, 0.3) is 0 Å². The second-order valence-electron chi connectivity index (χ2n) is 9.00. The first-order chi connectivity index (χ1) is 17.7. The van der Waals surface area contributed by atoms with Crippen molar-refractivity contribution in [1.82, 2.24) is 30.9 Å². The van der Waals surface area contributed by atoms with Crippen molar-refractivity contribution in [1.29, 1.82) is 0 Å². The number of carboxylic acids is 1. The van der Waals surface area contributed by atoms with Gasteiger partial charge in [-0.05, 0) is 17.5 Å². The Kier molecular flexibility index (Phi) is 9.39. The summed E-state index contributed by atoms with van der Waals surface area (Å²) in [4.78, 5) is 59.7. The van der Waals surface area contributed by atoms with Gasteiger partial charge >= 0.3 is 5.97 Å². The van der Waals surface area contributed by atoms with E-state index in [4.69, 9.17) is 5.73 Å². The zero-order valence-electron chi connectivity index (χ0n) is 20.8. The first kappa shape index (κ1) is 27.4. The van der Waals surface area contributed by atoms with E-state index in [2.05, 4.69) is 30.9 Å². The molecule has 2 aromatic heterocycles. The topological polar surface area (TPSA) is 195 Å². The molecule has 0 aliphatic heterocycles. The van der Waals surface area contributed by atoms with Gasteiger partial charge in [0.15, 0.2) is 0 Å². The second kappa shape index (κ2) is 12.7. The number of carbonyl (C=O) groups is 4. The molecule has 0 radical (unpaired) electrons. The summed E-state index contributed by atoms with van der Waals surface area (Å²) in [7, 11) is 0. The van der Waals surface area contributed by atoms with Crippen LogP contribution in [0, 0.1) is 5.92 Å². The lowest BCUT2D eigenvalue weighted by Gasteiger charge is -2.25. The van der Waals surface area contributed by atoms with E-state index >= 15 is 0 Å². The van der Waals surface area contributed by atoms with Gasteiger partial charge in [-0.15, -0.1) is 0 Å². The number of nitrogens with zero attached hydrogens (tertiary/aromatic N) is 1.